The largest absolute Gasteiger partial charge is 0.479 e. The van der Waals surface area contributed by atoms with Gasteiger partial charge in [0.05, 0.1) is 12.8 Å². The Morgan fingerprint density at radius 2 is 2.06 bits per heavy atom. The zero-order valence-electron chi connectivity index (χ0n) is 11.4. The number of methoxy groups -OCH3 is 1. The molecule has 0 fully saturated rings. The Balaban J connectivity index is 2.64. The smallest absolute Gasteiger partial charge is 0.238 e. The van der Waals surface area contributed by atoms with E-state index in [9.17, 15) is 0 Å². The fourth-order valence-corrected chi connectivity index (χ4v) is 1.28. The van der Waals surface area contributed by atoms with Crippen LogP contribution in [0.25, 0.3) is 0 Å². The first-order valence-corrected chi connectivity index (χ1v) is 5.89. The van der Waals surface area contributed by atoms with Gasteiger partial charge in [-0.25, -0.2) is 0 Å². The fourth-order valence-electron chi connectivity index (χ4n) is 1.28. The van der Waals surface area contributed by atoms with Crippen LogP contribution in [0.2, 0.25) is 0 Å². The quantitative estimate of drug-likeness (QED) is 0.845. The lowest BCUT2D eigenvalue weighted by atomic mass is 9.82. The predicted molar refractivity (Wildman–Crippen MR) is 72.3 cm³/mol. The van der Waals surface area contributed by atoms with Crippen molar-refractivity contribution in [3.8, 4) is 5.88 Å². The summed E-state index contributed by atoms with van der Waals surface area (Å²) in [5.74, 6) is 1.82. The molecule has 0 amide bonds. The van der Waals surface area contributed by atoms with Crippen LogP contribution in [-0.4, -0.2) is 18.6 Å². The van der Waals surface area contributed by atoms with Crippen LogP contribution >= 0.6 is 0 Å². The van der Waals surface area contributed by atoms with Crippen molar-refractivity contribution >= 4 is 11.5 Å². The highest BCUT2D eigenvalue weighted by atomic mass is 16.5. The lowest BCUT2D eigenvalue weighted by molar-refractivity contribution is 0.274. The Labute approximate surface area is 104 Å². The molecule has 0 radical (unpaired) electrons. The maximum absolute atomic E-state index is 5.71. The zero-order valence-corrected chi connectivity index (χ0v) is 11.4. The van der Waals surface area contributed by atoms with Crippen LogP contribution in [0.4, 0.5) is 11.5 Å². The van der Waals surface area contributed by atoms with E-state index < -0.39 is 0 Å². The van der Waals surface area contributed by atoms with E-state index >= 15 is 0 Å². The number of anilines is 2. The van der Waals surface area contributed by atoms with Crippen molar-refractivity contribution in [2.24, 2.45) is 11.3 Å². The van der Waals surface area contributed by atoms with Crippen LogP contribution in [-0.2, 0) is 0 Å². The molecule has 1 aromatic rings. The second-order valence-electron chi connectivity index (χ2n) is 5.44. The van der Waals surface area contributed by atoms with Crippen molar-refractivity contribution in [3.63, 3.8) is 0 Å². The number of nitrogens with zero attached hydrogens (tertiary/aromatic N) is 1. The summed E-state index contributed by atoms with van der Waals surface area (Å²) in [6, 6.07) is 3.67. The van der Waals surface area contributed by atoms with E-state index in [1.165, 1.54) is 0 Å². The number of ether oxygens (including phenoxy) is 1. The third kappa shape index (κ3) is 3.80. The maximum atomic E-state index is 5.71. The Hall–Kier alpha value is -1.45. The van der Waals surface area contributed by atoms with Crippen LogP contribution in [0.1, 0.15) is 27.7 Å². The molecule has 96 valence electrons. The molecule has 0 spiro atoms. The SMILES string of the molecule is COc1nc(NCC(C)C(C)(C)C)ccc1N. The summed E-state index contributed by atoms with van der Waals surface area (Å²) >= 11 is 0. The molecule has 0 bridgehead atoms. The summed E-state index contributed by atoms with van der Waals surface area (Å²) in [5, 5.41) is 3.31. The van der Waals surface area contributed by atoms with Crippen molar-refractivity contribution in [1.29, 1.82) is 0 Å². The predicted octanol–water partition coefficient (Wildman–Crippen LogP) is 2.77. The molecule has 17 heavy (non-hydrogen) atoms. The summed E-state index contributed by atoms with van der Waals surface area (Å²) in [7, 11) is 1.57. The Kier molecular flexibility index (Phi) is 4.21. The number of nitrogens with two attached hydrogens (primary N) is 1. The van der Waals surface area contributed by atoms with E-state index in [0.29, 0.717) is 17.5 Å². The average molecular weight is 237 g/mol. The van der Waals surface area contributed by atoms with Gasteiger partial charge in [0.25, 0.3) is 0 Å². The van der Waals surface area contributed by atoms with Crippen molar-refractivity contribution in [2.75, 3.05) is 24.7 Å². The van der Waals surface area contributed by atoms with Crippen LogP contribution < -0.4 is 15.8 Å². The molecule has 1 atom stereocenters. The highest BCUT2D eigenvalue weighted by molar-refractivity contribution is 5.53. The minimum absolute atomic E-state index is 0.283. The van der Waals surface area contributed by atoms with Crippen molar-refractivity contribution < 1.29 is 4.74 Å². The summed E-state index contributed by atoms with van der Waals surface area (Å²) < 4.78 is 5.08. The third-order valence-electron chi connectivity index (χ3n) is 3.15. The summed E-state index contributed by atoms with van der Waals surface area (Å²) in [6.07, 6.45) is 0. The van der Waals surface area contributed by atoms with E-state index in [-0.39, 0.29) is 5.41 Å². The van der Waals surface area contributed by atoms with Crippen LogP contribution in [0.15, 0.2) is 12.1 Å². The standard InChI is InChI=1S/C13H23N3O/c1-9(13(2,3)4)8-15-11-7-6-10(14)12(16-11)17-5/h6-7,9H,8,14H2,1-5H3,(H,15,16). The number of nitrogen functional groups attached to an aromatic ring is 1. The molecule has 1 heterocycles. The maximum Gasteiger partial charge on any atom is 0.238 e. The second-order valence-corrected chi connectivity index (χ2v) is 5.44. The molecule has 0 aliphatic heterocycles. The van der Waals surface area contributed by atoms with Gasteiger partial charge >= 0.3 is 0 Å². The number of nitrogens with one attached hydrogen (secondary N) is 1. The molecule has 0 saturated heterocycles. The van der Waals surface area contributed by atoms with Crippen molar-refractivity contribution in [1.82, 2.24) is 4.98 Å². The van der Waals surface area contributed by atoms with E-state index in [0.717, 1.165) is 12.4 Å². The first-order chi connectivity index (χ1) is 7.84. The number of pyridine rings is 1. The molecule has 1 rings (SSSR count). The molecule has 0 aromatic carbocycles. The average Bonchev–Trinajstić information content (AvgIpc) is 2.26. The third-order valence-corrected chi connectivity index (χ3v) is 3.15. The molecular weight excluding hydrogens is 214 g/mol. The van der Waals surface area contributed by atoms with Gasteiger partial charge in [0.1, 0.15) is 5.82 Å². The van der Waals surface area contributed by atoms with Crippen LogP contribution in [0.3, 0.4) is 0 Å². The molecule has 4 heteroatoms. The molecule has 1 unspecified atom stereocenters. The zero-order chi connectivity index (χ0) is 13.1. The summed E-state index contributed by atoms with van der Waals surface area (Å²) in [4.78, 5) is 4.29. The lowest BCUT2D eigenvalue weighted by Crippen LogP contribution is -2.25. The van der Waals surface area contributed by atoms with Gasteiger partial charge in [-0.05, 0) is 23.5 Å². The molecule has 3 N–H and O–H groups in total. The first-order valence-electron chi connectivity index (χ1n) is 5.89. The van der Waals surface area contributed by atoms with Gasteiger partial charge in [-0.2, -0.15) is 4.98 Å². The molecule has 0 saturated carbocycles. The number of hydrogen-bond acceptors (Lipinski definition) is 4. The van der Waals surface area contributed by atoms with E-state index in [1.54, 1.807) is 13.2 Å². The van der Waals surface area contributed by atoms with E-state index in [4.69, 9.17) is 10.5 Å². The molecule has 0 aliphatic rings. The van der Waals surface area contributed by atoms with Gasteiger partial charge in [-0.1, -0.05) is 27.7 Å². The second kappa shape index (κ2) is 5.25. The van der Waals surface area contributed by atoms with Crippen LogP contribution in [0.5, 0.6) is 5.88 Å². The first kappa shape index (κ1) is 13.6. The normalized spacial score (nSPS) is 13.2. The number of rotatable bonds is 4. The van der Waals surface area contributed by atoms with Crippen molar-refractivity contribution in [2.45, 2.75) is 27.7 Å². The molecule has 1 aromatic heterocycles. The topological polar surface area (TPSA) is 60.2 Å². The highest BCUT2D eigenvalue weighted by Gasteiger charge is 2.19. The van der Waals surface area contributed by atoms with Gasteiger partial charge < -0.3 is 15.8 Å². The Morgan fingerprint density at radius 1 is 1.41 bits per heavy atom. The number of hydrogen-bond donors (Lipinski definition) is 2. The highest BCUT2D eigenvalue weighted by Crippen LogP contribution is 2.26. The van der Waals surface area contributed by atoms with Gasteiger partial charge in [-0.3, -0.25) is 0 Å². The van der Waals surface area contributed by atoms with Crippen molar-refractivity contribution in [3.05, 3.63) is 12.1 Å². The van der Waals surface area contributed by atoms with Gasteiger partial charge in [0.2, 0.25) is 5.88 Å². The lowest BCUT2D eigenvalue weighted by Gasteiger charge is -2.27. The molecule has 0 aliphatic carbocycles. The minimum atomic E-state index is 0.283. The van der Waals surface area contributed by atoms with E-state index in [2.05, 4.69) is 38.0 Å². The Bertz CT molecular complexity index is 371. The van der Waals surface area contributed by atoms with Gasteiger partial charge in [0.15, 0.2) is 0 Å². The van der Waals surface area contributed by atoms with Crippen LogP contribution in [0, 0.1) is 11.3 Å². The molecule has 4 nitrogen and oxygen atoms in total. The van der Waals surface area contributed by atoms with Gasteiger partial charge in [0, 0.05) is 6.54 Å². The minimum Gasteiger partial charge on any atom is -0.479 e. The summed E-state index contributed by atoms with van der Waals surface area (Å²) in [5.41, 5.74) is 6.55. The van der Waals surface area contributed by atoms with E-state index in [1.807, 2.05) is 6.07 Å². The number of aromatic nitrogens is 1. The fraction of sp³-hybridized carbons (Fsp3) is 0.615. The Morgan fingerprint density at radius 3 is 2.59 bits per heavy atom. The molecular formula is C13H23N3O. The summed E-state index contributed by atoms with van der Waals surface area (Å²) in [6.45, 7) is 9.80. The monoisotopic (exact) mass is 237 g/mol. The van der Waals surface area contributed by atoms with Gasteiger partial charge in [-0.15, -0.1) is 0 Å².